The molecule has 2 rings (SSSR count). The van der Waals surface area contributed by atoms with E-state index in [1.54, 1.807) is 18.3 Å². The summed E-state index contributed by atoms with van der Waals surface area (Å²) in [5, 5.41) is 2.83. The number of anilines is 1. The number of aromatic nitrogens is 1. The molecule has 4 heteroatoms. The molecule has 0 spiro atoms. The van der Waals surface area contributed by atoms with E-state index in [4.69, 9.17) is 5.73 Å². The summed E-state index contributed by atoms with van der Waals surface area (Å²) in [6.07, 6.45) is 2.36. The van der Waals surface area contributed by atoms with E-state index in [2.05, 4.69) is 10.3 Å². The number of carbonyl (C=O) groups excluding carboxylic acids is 1. The zero-order valence-corrected chi connectivity index (χ0v) is 9.97. The van der Waals surface area contributed by atoms with Gasteiger partial charge in [0.1, 0.15) is 5.82 Å². The van der Waals surface area contributed by atoms with Gasteiger partial charge in [-0.1, -0.05) is 30.3 Å². The van der Waals surface area contributed by atoms with Gasteiger partial charge in [-0.3, -0.25) is 4.79 Å². The predicted molar refractivity (Wildman–Crippen MR) is 71.1 cm³/mol. The summed E-state index contributed by atoms with van der Waals surface area (Å²) >= 11 is 0. The molecule has 0 fully saturated rings. The van der Waals surface area contributed by atoms with Gasteiger partial charge in [0.25, 0.3) is 5.91 Å². The van der Waals surface area contributed by atoms with Gasteiger partial charge in [-0.2, -0.15) is 0 Å². The highest BCUT2D eigenvalue weighted by Gasteiger charge is 2.08. The first kappa shape index (κ1) is 12.1. The number of amides is 1. The van der Waals surface area contributed by atoms with Crippen LogP contribution in [0.3, 0.4) is 0 Å². The number of pyridine rings is 1. The number of nitrogens with one attached hydrogen (secondary N) is 1. The fourth-order valence-corrected chi connectivity index (χ4v) is 1.67. The highest BCUT2D eigenvalue weighted by atomic mass is 16.1. The Balaban J connectivity index is 1.88. The highest BCUT2D eigenvalue weighted by Crippen LogP contribution is 2.06. The van der Waals surface area contributed by atoms with Crippen molar-refractivity contribution in [1.29, 1.82) is 0 Å². The average Bonchev–Trinajstić information content (AvgIpc) is 2.40. The second-order valence-corrected chi connectivity index (χ2v) is 3.93. The minimum Gasteiger partial charge on any atom is -0.383 e. The van der Waals surface area contributed by atoms with Crippen LogP contribution in [-0.2, 0) is 6.42 Å². The Hall–Kier alpha value is -2.36. The van der Waals surface area contributed by atoms with Crippen LogP contribution in [0, 0.1) is 0 Å². The van der Waals surface area contributed by atoms with Gasteiger partial charge in [0.05, 0.1) is 5.56 Å². The molecule has 0 unspecified atom stereocenters. The minimum absolute atomic E-state index is 0.184. The SMILES string of the molecule is Nc1ncccc1C(=O)NCCc1ccccc1. The molecular formula is C14H15N3O. The first-order chi connectivity index (χ1) is 8.77. The first-order valence-corrected chi connectivity index (χ1v) is 5.80. The lowest BCUT2D eigenvalue weighted by Crippen LogP contribution is -2.26. The zero-order valence-electron chi connectivity index (χ0n) is 9.97. The van der Waals surface area contributed by atoms with Crippen molar-refractivity contribution in [3.8, 4) is 0 Å². The summed E-state index contributed by atoms with van der Waals surface area (Å²) in [6.45, 7) is 0.581. The Kier molecular flexibility index (Phi) is 3.91. The van der Waals surface area contributed by atoms with Gasteiger partial charge in [0.15, 0.2) is 0 Å². The first-order valence-electron chi connectivity index (χ1n) is 5.80. The normalized spacial score (nSPS) is 10.0. The molecule has 0 aliphatic rings. The molecule has 18 heavy (non-hydrogen) atoms. The highest BCUT2D eigenvalue weighted by molar-refractivity contribution is 5.98. The molecule has 3 N–H and O–H groups in total. The maximum absolute atomic E-state index is 11.8. The van der Waals surface area contributed by atoms with Crippen LogP contribution in [0.5, 0.6) is 0 Å². The van der Waals surface area contributed by atoms with Crippen LogP contribution >= 0.6 is 0 Å². The van der Waals surface area contributed by atoms with Gasteiger partial charge in [-0.15, -0.1) is 0 Å². The Morgan fingerprint density at radius 3 is 2.67 bits per heavy atom. The number of rotatable bonds is 4. The second kappa shape index (κ2) is 5.82. The molecule has 0 bridgehead atoms. The number of hydrogen-bond donors (Lipinski definition) is 2. The van der Waals surface area contributed by atoms with Crippen molar-refractivity contribution < 1.29 is 4.79 Å². The van der Waals surface area contributed by atoms with Gasteiger partial charge in [-0.25, -0.2) is 4.98 Å². The third-order valence-corrected chi connectivity index (χ3v) is 2.63. The van der Waals surface area contributed by atoms with E-state index in [0.717, 1.165) is 6.42 Å². The fourth-order valence-electron chi connectivity index (χ4n) is 1.67. The summed E-state index contributed by atoms with van der Waals surface area (Å²) in [5.74, 6) is 0.0752. The molecule has 1 heterocycles. The van der Waals surface area contributed by atoms with Crippen LogP contribution in [-0.4, -0.2) is 17.4 Å². The molecule has 1 aromatic carbocycles. The van der Waals surface area contributed by atoms with Crippen molar-refractivity contribution in [2.45, 2.75) is 6.42 Å². The van der Waals surface area contributed by atoms with Crippen LogP contribution in [0.15, 0.2) is 48.7 Å². The molecule has 0 aliphatic carbocycles. The van der Waals surface area contributed by atoms with Gasteiger partial charge >= 0.3 is 0 Å². The lowest BCUT2D eigenvalue weighted by molar-refractivity contribution is 0.0955. The lowest BCUT2D eigenvalue weighted by Gasteiger charge is -2.06. The van der Waals surface area contributed by atoms with E-state index in [0.29, 0.717) is 12.1 Å². The van der Waals surface area contributed by atoms with E-state index in [-0.39, 0.29) is 11.7 Å². The number of carbonyl (C=O) groups is 1. The van der Waals surface area contributed by atoms with Crippen LogP contribution in [0.25, 0.3) is 0 Å². The maximum Gasteiger partial charge on any atom is 0.255 e. The van der Waals surface area contributed by atoms with Crippen molar-refractivity contribution in [3.63, 3.8) is 0 Å². The Morgan fingerprint density at radius 2 is 1.94 bits per heavy atom. The third-order valence-electron chi connectivity index (χ3n) is 2.63. The fraction of sp³-hybridized carbons (Fsp3) is 0.143. The molecule has 0 aliphatic heterocycles. The Labute approximate surface area is 106 Å². The van der Waals surface area contributed by atoms with Crippen LogP contribution in [0.2, 0.25) is 0 Å². The van der Waals surface area contributed by atoms with Crippen molar-refractivity contribution in [2.24, 2.45) is 0 Å². The van der Waals surface area contributed by atoms with Gasteiger partial charge in [0, 0.05) is 12.7 Å². The minimum atomic E-state index is -0.184. The zero-order chi connectivity index (χ0) is 12.8. The number of nitrogen functional groups attached to an aromatic ring is 1. The summed E-state index contributed by atoms with van der Waals surface area (Å²) in [5.41, 5.74) is 7.25. The van der Waals surface area contributed by atoms with Crippen LogP contribution in [0.1, 0.15) is 15.9 Å². The van der Waals surface area contributed by atoms with Gasteiger partial charge in [-0.05, 0) is 24.1 Å². The molecule has 92 valence electrons. The number of hydrogen-bond acceptors (Lipinski definition) is 3. The number of nitrogens with two attached hydrogens (primary N) is 1. The van der Waals surface area contributed by atoms with Gasteiger partial charge < -0.3 is 11.1 Å². The molecule has 1 aromatic heterocycles. The monoisotopic (exact) mass is 241 g/mol. The number of benzene rings is 1. The lowest BCUT2D eigenvalue weighted by atomic mass is 10.1. The standard InChI is InChI=1S/C14H15N3O/c15-13-12(7-4-9-16-13)14(18)17-10-8-11-5-2-1-3-6-11/h1-7,9H,8,10H2,(H2,15,16)(H,17,18). The topological polar surface area (TPSA) is 68.0 Å². The number of nitrogens with zero attached hydrogens (tertiary/aromatic N) is 1. The average molecular weight is 241 g/mol. The van der Waals surface area contributed by atoms with E-state index in [1.807, 2.05) is 30.3 Å². The summed E-state index contributed by atoms with van der Waals surface area (Å²) in [7, 11) is 0. The predicted octanol–water partition coefficient (Wildman–Crippen LogP) is 1.64. The smallest absolute Gasteiger partial charge is 0.255 e. The Bertz CT molecular complexity index is 526. The Morgan fingerprint density at radius 1 is 1.17 bits per heavy atom. The summed E-state index contributed by atoms with van der Waals surface area (Å²) < 4.78 is 0. The van der Waals surface area contributed by atoms with E-state index >= 15 is 0 Å². The summed E-state index contributed by atoms with van der Waals surface area (Å²) in [6, 6.07) is 13.4. The largest absolute Gasteiger partial charge is 0.383 e. The van der Waals surface area contributed by atoms with Crippen molar-refractivity contribution in [2.75, 3.05) is 12.3 Å². The summed E-state index contributed by atoms with van der Waals surface area (Å²) in [4.78, 5) is 15.7. The molecule has 1 amide bonds. The van der Waals surface area contributed by atoms with Crippen molar-refractivity contribution in [3.05, 3.63) is 59.8 Å². The molecule has 0 atom stereocenters. The molecule has 0 saturated carbocycles. The van der Waals surface area contributed by atoms with Crippen LogP contribution in [0.4, 0.5) is 5.82 Å². The molecule has 0 radical (unpaired) electrons. The van der Waals surface area contributed by atoms with Crippen molar-refractivity contribution >= 4 is 11.7 Å². The molecule has 0 saturated heterocycles. The molecule has 4 nitrogen and oxygen atoms in total. The van der Waals surface area contributed by atoms with Crippen molar-refractivity contribution in [1.82, 2.24) is 10.3 Å². The molecular weight excluding hydrogens is 226 g/mol. The third kappa shape index (κ3) is 3.07. The maximum atomic E-state index is 11.8. The van der Waals surface area contributed by atoms with E-state index < -0.39 is 0 Å². The molecule has 2 aromatic rings. The second-order valence-electron chi connectivity index (χ2n) is 3.93. The van der Waals surface area contributed by atoms with E-state index in [1.165, 1.54) is 5.56 Å². The van der Waals surface area contributed by atoms with Gasteiger partial charge in [0.2, 0.25) is 0 Å². The van der Waals surface area contributed by atoms with Crippen LogP contribution < -0.4 is 11.1 Å². The quantitative estimate of drug-likeness (QED) is 0.855. The van der Waals surface area contributed by atoms with E-state index in [9.17, 15) is 4.79 Å².